The average molecular weight is 223 g/mol. The van der Waals surface area contributed by atoms with Gasteiger partial charge in [0.25, 0.3) is 0 Å². The van der Waals surface area contributed by atoms with Crippen LogP contribution < -0.4 is 5.73 Å². The molecule has 0 saturated carbocycles. The van der Waals surface area contributed by atoms with Gasteiger partial charge in [-0.25, -0.2) is 0 Å². The standard InChI is InChI=1S/C11H11ClN2O/c1-2-9-10(11(13)14-15-9)7-4-3-5-8(12)6-7/h3-6H,2H2,1H3,(H2,13,14). The van der Waals surface area contributed by atoms with Crippen LogP contribution in [-0.2, 0) is 6.42 Å². The minimum absolute atomic E-state index is 0.411. The zero-order chi connectivity index (χ0) is 10.8. The highest BCUT2D eigenvalue weighted by molar-refractivity contribution is 6.30. The molecule has 1 heterocycles. The Kier molecular flexibility index (Phi) is 2.64. The van der Waals surface area contributed by atoms with Gasteiger partial charge in [-0.05, 0) is 17.7 Å². The molecule has 0 amide bonds. The first kappa shape index (κ1) is 10.1. The van der Waals surface area contributed by atoms with Crippen molar-refractivity contribution in [1.82, 2.24) is 5.16 Å². The van der Waals surface area contributed by atoms with Crippen LogP contribution in [0.1, 0.15) is 12.7 Å². The second-order valence-electron chi connectivity index (χ2n) is 3.23. The van der Waals surface area contributed by atoms with Gasteiger partial charge < -0.3 is 10.3 Å². The number of aryl methyl sites for hydroxylation is 1. The van der Waals surface area contributed by atoms with E-state index in [0.717, 1.165) is 23.3 Å². The second kappa shape index (κ2) is 3.95. The van der Waals surface area contributed by atoms with Gasteiger partial charge in [0, 0.05) is 11.4 Å². The number of nitrogens with zero attached hydrogens (tertiary/aromatic N) is 1. The molecule has 0 unspecified atom stereocenters. The SMILES string of the molecule is CCc1onc(N)c1-c1cccc(Cl)c1. The lowest BCUT2D eigenvalue weighted by molar-refractivity contribution is 0.390. The molecule has 0 aliphatic heterocycles. The molecule has 0 fully saturated rings. The number of halogens is 1. The summed E-state index contributed by atoms with van der Waals surface area (Å²) in [5, 5.41) is 4.43. The molecule has 15 heavy (non-hydrogen) atoms. The van der Waals surface area contributed by atoms with Crippen LogP contribution in [0, 0.1) is 0 Å². The molecule has 0 bridgehead atoms. The highest BCUT2D eigenvalue weighted by Crippen LogP contribution is 2.31. The van der Waals surface area contributed by atoms with Crippen LogP contribution >= 0.6 is 11.6 Å². The molecule has 3 nitrogen and oxygen atoms in total. The largest absolute Gasteiger partial charge is 0.380 e. The summed E-state index contributed by atoms with van der Waals surface area (Å²) >= 11 is 5.92. The number of hydrogen-bond acceptors (Lipinski definition) is 3. The average Bonchev–Trinajstić information content (AvgIpc) is 2.59. The molecule has 2 N–H and O–H groups in total. The van der Waals surface area contributed by atoms with Crippen molar-refractivity contribution in [2.24, 2.45) is 0 Å². The lowest BCUT2D eigenvalue weighted by atomic mass is 10.1. The van der Waals surface area contributed by atoms with E-state index >= 15 is 0 Å². The molecule has 2 aromatic rings. The van der Waals surface area contributed by atoms with Crippen molar-refractivity contribution in [3.8, 4) is 11.1 Å². The highest BCUT2D eigenvalue weighted by atomic mass is 35.5. The van der Waals surface area contributed by atoms with Gasteiger partial charge in [-0.15, -0.1) is 0 Å². The van der Waals surface area contributed by atoms with E-state index < -0.39 is 0 Å². The van der Waals surface area contributed by atoms with Crippen molar-refractivity contribution >= 4 is 17.4 Å². The van der Waals surface area contributed by atoms with Crippen LogP contribution in [0.15, 0.2) is 28.8 Å². The molecular formula is C11H11ClN2O. The molecule has 1 aromatic carbocycles. The van der Waals surface area contributed by atoms with Crippen LogP contribution in [0.3, 0.4) is 0 Å². The monoisotopic (exact) mass is 222 g/mol. The van der Waals surface area contributed by atoms with E-state index in [1.807, 2.05) is 31.2 Å². The molecular weight excluding hydrogens is 212 g/mol. The lowest BCUT2D eigenvalue weighted by Gasteiger charge is -2.01. The Labute approximate surface area is 92.8 Å². The minimum Gasteiger partial charge on any atom is -0.380 e. The summed E-state index contributed by atoms with van der Waals surface area (Å²) in [6, 6.07) is 7.49. The first-order chi connectivity index (χ1) is 7.22. The van der Waals surface area contributed by atoms with E-state index in [1.165, 1.54) is 0 Å². The third-order valence-electron chi connectivity index (χ3n) is 2.22. The first-order valence-corrected chi connectivity index (χ1v) is 5.10. The van der Waals surface area contributed by atoms with Gasteiger partial charge in [-0.3, -0.25) is 0 Å². The second-order valence-corrected chi connectivity index (χ2v) is 3.67. The summed E-state index contributed by atoms with van der Waals surface area (Å²) < 4.78 is 5.12. The topological polar surface area (TPSA) is 52.0 Å². The number of rotatable bonds is 2. The van der Waals surface area contributed by atoms with Gasteiger partial charge in [-0.1, -0.05) is 35.8 Å². The van der Waals surface area contributed by atoms with Crippen molar-refractivity contribution in [3.05, 3.63) is 35.0 Å². The van der Waals surface area contributed by atoms with Crippen molar-refractivity contribution in [1.29, 1.82) is 0 Å². The van der Waals surface area contributed by atoms with E-state index in [-0.39, 0.29) is 0 Å². The quantitative estimate of drug-likeness (QED) is 0.849. The Morgan fingerprint density at radius 1 is 1.47 bits per heavy atom. The predicted octanol–water partition coefficient (Wildman–Crippen LogP) is 3.14. The number of nitrogens with two attached hydrogens (primary N) is 1. The van der Waals surface area contributed by atoms with Crippen LogP contribution in [0.25, 0.3) is 11.1 Å². The van der Waals surface area contributed by atoms with Crippen molar-refractivity contribution in [2.75, 3.05) is 5.73 Å². The van der Waals surface area contributed by atoms with Crippen molar-refractivity contribution in [2.45, 2.75) is 13.3 Å². The van der Waals surface area contributed by atoms with Crippen molar-refractivity contribution in [3.63, 3.8) is 0 Å². The van der Waals surface area contributed by atoms with Gasteiger partial charge in [0.1, 0.15) is 5.76 Å². The zero-order valence-electron chi connectivity index (χ0n) is 8.33. The smallest absolute Gasteiger partial charge is 0.175 e. The van der Waals surface area contributed by atoms with Gasteiger partial charge in [0.05, 0.1) is 5.56 Å². The molecule has 0 saturated heterocycles. The fourth-order valence-corrected chi connectivity index (χ4v) is 1.72. The normalized spacial score (nSPS) is 10.5. The maximum absolute atomic E-state index is 5.92. The fraction of sp³-hybridized carbons (Fsp3) is 0.182. The molecule has 0 spiro atoms. The third-order valence-corrected chi connectivity index (χ3v) is 2.46. The van der Waals surface area contributed by atoms with Gasteiger partial charge in [0.2, 0.25) is 0 Å². The van der Waals surface area contributed by atoms with E-state index in [0.29, 0.717) is 10.8 Å². The summed E-state index contributed by atoms with van der Waals surface area (Å²) in [6.07, 6.45) is 0.756. The summed E-state index contributed by atoms with van der Waals surface area (Å²) in [5.74, 6) is 1.20. The molecule has 0 aliphatic rings. The molecule has 78 valence electrons. The number of hydrogen-bond donors (Lipinski definition) is 1. The third kappa shape index (κ3) is 1.83. The Morgan fingerprint density at radius 3 is 2.93 bits per heavy atom. The zero-order valence-corrected chi connectivity index (χ0v) is 9.08. The Bertz CT molecular complexity index is 479. The van der Waals surface area contributed by atoms with Crippen LogP contribution in [0.5, 0.6) is 0 Å². The van der Waals surface area contributed by atoms with E-state index in [9.17, 15) is 0 Å². The molecule has 0 radical (unpaired) electrons. The summed E-state index contributed by atoms with van der Waals surface area (Å²) in [5.41, 5.74) is 7.54. The summed E-state index contributed by atoms with van der Waals surface area (Å²) in [4.78, 5) is 0. The maximum atomic E-state index is 5.92. The molecule has 0 atom stereocenters. The maximum Gasteiger partial charge on any atom is 0.175 e. The van der Waals surface area contributed by atoms with Gasteiger partial charge >= 0.3 is 0 Å². The van der Waals surface area contributed by atoms with Crippen LogP contribution in [0.2, 0.25) is 5.02 Å². The Hall–Kier alpha value is -1.48. The molecule has 1 aromatic heterocycles. The minimum atomic E-state index is 0.411. The molecule has 2 rings (SSSR count). The van der Waals surface area contributed by atoms with Gasteiger partial charge in [0.15, 0.2) is 5.82 Å². The Morgan fingerprint density at radius 2 is 2.27 bits per heavy atom. The van der Waals surface area contributed by atoms with Crippen molar-refractivity contribution < 1.29 is 4.52 Å². The number of nitrogen functional groups attached to an aromatic ring is 1. The Balaban J connectivity index is 2.57. The number of aromatic nitrogens is 1. The number of benzene rings is 1. The number of anilines is 1. The van der Waals surface area contributed by atoms with E-state index in [4.69, 9.17) is 21.9 Å². The van der Waals surface area contributed by atoms with E-state index in [2.05, 4.69) is 5.16 Å². The highest BCUT2D eigenvalue weighted by Gasteiger charge is 2.14. The van der Waals surface area contributed by atoms with Crippen LogP contribution in [-0.4, -0.2) is 5.16 Å². The molecule has 0 aliphatic carbocycles. The first-order valence-electron chi connectivity index (χ1n) is 4.72. The summed E-state index contributed by atoms with van der Waals surface area (Å²) in [6.45, 7) is 1.99. The van der Waals surface area contributed by atoms with Crippen LogP contribution in [0.4, 0.5) is 5.82 Å². The summed E-state index contributed by atoms with van der Waals surface area (Å²) in [7, 11) is 0. The van der Waals surface area contributed by atoms with Gasteiger partial charge in [-0.2, -0.15) is 0 Å². The fourth-order valence-electron chi connectivity index (χ4n) is 1.53. The molecule has 4 heteroatoms. The van der Waals surface area contributed by atoms with E-state index in [1.54, 1.807) is 0 Å². The predicted molar refractivity (Wildman–Crippen MR) is 60.7 cm³/mol. The lowest BCUT2D eigenvalue weighted by Crippen LogP contribution is -1.89.